The van der Waals surface area contributed by atoms with Crippen LogP contribution in [-0.4, -0.2) is 36.2 Å². The molecule has 2 rings (SSSR count). The van der Waals surface area contributed by atoms with Gasteiger partial charge in [-0.25, -0.2) is 13.4 Å². The number of nitrogens with zero attached hydrogens (tertiary/aromatic N) is 2. The quantitative estimate of drug-likeness (QED) is 0.838. The van der Waals surface area contributed by atoms with Crippen molar-refractivity contribution in [1.29, 1.82) is 0 Å². The van der Waals surface area contributed by atoms with Crippen LogP contribution < -0.4 is 5.73 Å². The Morgan fingerprint density at radius 3 is 2.67 bits per heavy atom. The Morgan fingerprint density at radius 2 is 2.10 bits per heavy atom. The molecule has 2 atom stereocenters. The van der Waals surface area contributed by atoms with Gasteiger partial charge in [0.1, 0.15) is 10.0 Å². The van der Waals surface area contributed by atoms with E-state index in [4.69, 9.17) is 28.9 Å². The number of pyridine rings is 1. The molecule has 9 heteroatoms. The summed E-state index contributed by atoms with van der Waals surface area (Å²) < 4.78 is 26.6. The van der Waals surface area contributed by atoms with Gasteiger partial charge in [0.15, 0.2) is 0 Å². The normalized spacial score (nSPS) is 24.0. The van der Waals surface area contributed by atoms with Crippen LogP contribution in [0.4, 0.5) is 0 Å². The zero-order chi connectivity index (χ0) is 15.8. The highest BCUT2D eigenvalue weighted by Gasteiger charge is 2.37. The highest BCUT2D eigenvalue weighted by molar-refractivity contribution is 7.89. The van der Waals surface area contributed by atoms with Gasteiger partial charge in [-0.15, -0.1) is 0 Å². The number of nitrogens with two attached hydrogens (primary N) is 1. The molecular weight excluding hydrogens is 337 g/mol. The SMILES string of the molecule is CC1CCC(C(N)=O)CN1S(=O)(=O)c1cnc(Cl)c(Cl)c1. The Bertz CT molecular complexity index is 666. The summed E-state index contributed by atoms with van der Waals surface area (Å²) in [5.74, 6) is -0.971. The van der Waals surface area contributed by atoms with Crippen molar-refractivity contribution in [2.45, 2.75) is 30.7 Å². The molecule has 2 heterocycles. The molecule has 2 unspecified atom stereocenters. The van der Waals surface area contributed by atoms with Gasteiger partial charge in [0.05, 0.1) is 10.9 Å². The number of rotatable bonds is 3. The molecule has 0 saturated carbocycles. The van der Waals surface area contributed by atoms with Gasteiger partial charge in [-0.3, -0.25) is 4.79 Å². The summed E-state index contributed by atoms with van der Waals surface area (Å²) in [5.41, 5.74) is 5.29. The maximum atomic E-state index is 12.7. The number of hydrogen-bond donors (Lipinski definition) is 1. The lowest BCUT2D eigenvalue weighted by Crippen LogP contribution is -2.48. The molecule has 0 aliphatic carbocycles. The number of aromatic nitrogens is 1. The van der Waals surface area contributed by atoms with Crippen molar-refractivity contribution >= 4 is 39.1 Å². The Morgan fingerprint density at radius 1 is 1.43 bits per heavy atom. The molecule has 0 radical (unpaired) electrons. The molecular formula is C12H15Cl2N3O3S. The van der Waals surface area contributed by atoms with Crippen molar-refractivity contribution in [2.75, 3.05) is 6.54 Å². The van der Waals surface area contributed by atoms with E-state index < -0.39 is 21.8 Å². The molecule has 1 aliphatic rings. The van der Waals surface area contributed by atoms with Crippen molar-refractivity contribution in [3.63, 3.8) is 0 Å². The van der Waals surface area contributed by atoms with Crippen LogP contribution >= 0.6 is 23.2 Å². The average Bonchev–Trinajstić information content (AvgIpc) is 2.41. The highest BCUT2D eigenvalue weighted by Crippen LogP contribution is 2.30. The van der Waals surface area contributed by atoms with E-state index in [2.05, 4.69) is 4.98 Å². The molecule has 1 amide bonds. The Balaban J connectivity index is 2.36. The molecule has 6 nitrogen and oxygen atoms in total. The zero-order valence-electron chi connectivity index (χ0n) is 11.3. The van der Waals surface area contributed by atoms with Gasteiger partial charge in [0.25, 0.3) is 0 Å². The van der Waals surface area contributed by atoms with Gasteiger partial charge in [-0.2, -0.15) is 4.31 Å². The molecule has 1 aromatic heterocycles. The molecule has 1 fully saturated rings. The standard InChI is InChI=1S/C12H15Cl2N3O3S/c1-7-2-3-8(12(15)18)6-17(7)21(19,20)9-4-10(13)11(14)16-5-9/h4-5,7-8H,2-3,6H2,1H3,(H2,15,18). The summed E-state index contributed by atoms with van der Waals surface area (Å²) in [7, 11) is -3.80. The van der Waals surface area contributed by atoms with E-state index in [9.17, 15) is 13.2 Å². The molecule has 1 aromatic rings. The number of primary amides is 1. The van der Waals surface area contributed by atoms with E-state index in [0.29, 0.717) is 12.8 Å². The second-order valence-electron chi connectivity index (χ2n) is 5.04. The van der Waals surface area contributed by atoms with Crippen molar-refractivity contribution in [1.82, 2.24) is 9.29 Å². The molecule has 21 heavy (non-hydrogen) atoms. The van der Waals surface area contributed by atoms with E-state index in [0.717, 1.165) is 6.20 Å². The van der Waals surface area contributed by atoms with E-state index in [1.807, 2.05) is 0 Å². The minimum absolute atomic E-state index is 0.0392. The number of carbonyl (C=O) groups excluding carboxylic acids is 1. The minimum atomic E-state index is -3.80. The molecule has 1 aliphatic heterocycles. The number of carbonyl (C=O) groups is 1. The fraction of sp³-hybridized carbons (Fsp3) is 0.500. The minimum Gasteiger partial charge on any atom is -0.369 e. The number of hydrogen-bond acceptors (Lipinski definition) is 4. The third kappa shape index (κ3) is 3.31. The Labute approximate surface area is 133 Å². The zero-order valence-corrected chi connectivity index (χ0v) is 13.6. The predicted molar refractivity (Wildman–Crippen MR) is 79.5 cm³/mol. The number of sulfonamides is 1. The van der Waals surface area contributed by atoms with E-state index in [-0.39, 0.29) is 27.7 Å². The first-order chi connectivity index (χ1) is 9.73. The smallest absolute Gasteiger partial charge is 0.244 e. The number of halogens is 2. The van der Waals surface area contributed by atoms with Crippen LogP contribution in [0.15, 0.2) is 17.2 Å². The van der Waals surface area contributed by atoms with Gasteiger partial charge < -0.3 is 5.73 Å². The predicted octanol–water partition coefficient (Wildman–Crippen LogP) is 1.66. The van der Waals surface area contributed by atoms with Gasteiger partial charge in [0.2, 0.25) is 15.9 Å². The van der Waals surface area contributed by atoms with Crippen LogP contribution in [-0.2, 0) is 14.8 Å². The van der Waals surface area contributed by atoms with Crippen LogP contribution in [0.25, 0.3) is 0 Å². The number of amides is 1. The first-order valence-corrected chi connectivity index (χ1v) is 8.55. The summed E-state index contributed by atoms with van der Waals surface area (Å²) in [4.78, 5) is 15.0. The van der Waals surface area contributed by atoms with E-state index >= 15 is 0 Å². The second-order valence-corrected chi connectivity index (χ2v) is 7.70. The van der Waals surface area contributed by atoms with Crippen LogP contribution in [0.2, 0.25) is 10.2 Å². The molecule has 2 N–H and O–H groups in total. The first kappa shape index (κ1) is 16.5. The van der Waals surface area contributed by atoms with E-state index in [1.54, 1.807) is 6.92 Å². The molecule has 0 spiro atoms. The summed E-state index contributed by atoms with van der Waals surface area (Å²) in [5, 5.41) is 0.103. The maximum Gasteiger partial charge on any atom is 0.244 e. The highest BCUT2D eigenvalue weighted by atomic mass is 35.5. The van der Waals surface area contributed by atoms with Crippen LogP contribution in [0.1, 0.15) is 19.8 Å². The lowest BCUT2D eigenvalue weighted by Gasteiger charge is -2.35. The van der Waals surface area contributed by atoms with Crippen LogP contribution in [0.5, 0.6) is 0 Å². The number of piperidine rings is 1. The van der Waals surface area contributed by atoms with Crippen LogP contribution in [0.3, 0.4) is 0 Å². The summed E-state index contributed by atoms with van der Waals surface area (Å²) in [6, 6.07) is 1.03. The molecule has 0 aromatic carbocycles. The van der Waals surface area contributed by atoms with E-state index in [1.165, 1.54) is 10.4 Å². The van der Waals surface area contributed by atoms with Crippen LogP contribution in [0, 0.1) is 5.92 Å². The van der Waals surface area contributed by atoms with Crippen molar-refractivity contribution in [2.24, 2.45) is 11.7 Å². The second kappa shape index (κ2) is 6.08. The molecule has 116 valence electrons. The average molecular weight is 352 g/mol. The fourth-order valence-electron chi connectivity index (χ4n) is 2.32. The largest absolute Gasteiger partial charge is 0.369 e. The van der Waals surface area contributed by atoms with Gasteiger partial charge in [-0.05, 0) is 25.8 Å². The first-order valence-electron chi connectivity index (χ1n) is 6.35. The topological polar surface area (TPSA) is 93.4 Å². The summed E-state index contributed by atoms with van der Waals surface area (Å²) >= 11 is 11.5. The van der Waals surface area contributed by atoms with Gasteiger partial charge >= 0.3 is 0 Å². The van der Waals surface area contributed by atoms with Gasteiger partial charge in [-0.1, -0.05) is 23.2 Å². The fourth-order valence-corrected chi connectivity index (χ4v) is 4.34. The molecule has 0 bridgehead atoms. The van der Waals surface area contributed by atoms with Crippen molar-refractivity contribution < 1.29 is 13.2 Å². The maximum absolute atomic E-state index is 12.7. The van der Waals surface area contributed by atoms with Gasteiger partial charge in [0, 0.05) is 18.8 Å². The summed E-state index contributed by atoms with van der Waals surface area (Å²) in [6.07, 6.45) is 2.31. The lowest BCUT2D eigenvalue weighted by molar-refractivity contribution is -0.123. The Hall–Kier alpha value is -0.890. The lowest BCUT2D eigenvalue weighted by atomic mass is 9.95. The molecule has 1 saturated heterocycles. The van der Waals surface area contributed by atoms with Crippen molar-refractivity contribution in [3.8, 4) is 0 Å². The third-order valence-electron chi connectivity index (χ3n) is 3.61. The monoisotopic (exact) mass is 351 g/mol. The third-order valence-corrected chi connectivity index (χ3v) is 6.24. The Kier molecular flexibility index (Phi) is 4.77. The summed E-state index contributed by atoms with van der Waals surface area (Å²) in [6.45, 7) is 1.86. The van der Waals surface area contributed by atoms with Crippen molar-refractivity contribution in [3.05, 3.63) is 22.4 Å².